The number of hydrogen-bond acceptors (Lipinski definition) is 2. The monoisotopic (exact) mass is 409 g/mol. The molecule has 1 saturated carbocycles. The third kappa shape index (κ3) is 4.63. The highest BCUT2D eigenvalue weighted by Gasteiger charge is 2.31. The Morgan fingerprint density at radius 1 is 1.23 bits per heavy atom. The van der Waals surface area contributed by atoms with Crippen LogP contribution in [0.15, 0.2) is 29.4 Å². The number of aromatic amines is 1. The molecule has 6 heteroatoms. The Hall–Kier alpha value is -2.50. The minimum atomic E-state index is 0.259. The van der Waals surface area contributed by atoms with Crippen molar-refractivity contribution in [2.24, 2.45) is 10.9 Å². The van der Waals surface area contributed by atoms with Gasteiger partial charge in [-0.05, 0) is 49.8 Å². The number of rotatable bonds is 5. The van der Waals surface area contributed by atoms with Gasteiger partial charge in [-0.15, -0.1) is 0 Å². The molecule has 2 heterocycles. The van der Waals surface area contributed by atoms with E-state index < -0.39 is 0 Å². The van der Waals surface area contributed by atoms with Gasteiger partial charge in [0.1, 0.15) is 0 Å². The Labute approximate surface area is 179 Å². The smallest absolute Gasteiger partial charge is 0.225 e. The van der Waals surface area contributed by atoms with Crippen molar-refractivity contribution < 1.29 is 4.79 Å². The highest BCUT2D eigenvalue weighted by atomic mass is 16.2. The second-order valence-electron chi connectivity index (χ2n) is 8.81. The van der Waals surface area contributed by atoms with E-state index in [1.165, 1.54) is 41.3 Å². The minimum absolute atomic E-state index is 0.259. The summed E-state index contributed by atoms with van der Waals surface area (Å²) in [6.07, 6.45) is 9.88. The van der Waals surface area contributed by atoms with E-state index in [0.29, 0.717) is 5.91 Å². The fraction of sp³-hybridized carbons (Fsp3) is 0.583. The Morgan fingerprint density at radius 3 is 2.87 bits per heavy atom. The van der Waals surface area contributed by atoms with Gasteiger partial charge in [-0.3, -0.25) is 9.79 Å². The fourth-order valence-electron chi connectivity index (χ4n) is 5.04. The Morgan fingerprint density at radius 2 is 2.07 bits per heavy atom. The van der Waals surface area contributed by atoms with E-state index in [4.69, 9.17) is 0 Å². The molecule has 1 atom stereocenters. The number of H-pyrrole nitrogens is 1. The second-order valence-corrected chi connectivity index (χ2v) is 8.81. The van der Waals surface area contributed by atoms with Crippen molar-refractivity contribution in [1.82, 2.24) is 20.5 Å². The summed E-state index contributed by atoms with van der Waals surface area (Å²) in [6.45, 7) is 4.63. The molecule has 1 aromatic heterocycles. The molecule has 0 radical (unpaired) electrons. The quantitative estimate of drug-likeness (QED) is 0.524. The molecule has 2 fully saturated rings. The molecular weight excluding hydrogens is 374 g/mol. The number of likely N-dealkylation sites (tertiary alicyclic amines) is 1. The zero-order valence-electron chi connectivity index (χ0n) is 18.3. The minimum Gasteiger partial charge on any atom is -0.361 e. The summed E-state index contributed by atoms with van der Waals surface area (Å²) in [6, 6.07) is 6.65. The van der Waals surface area contributed by atoms with Crippen molar-refractivity contribution >= 4 is 22.8 Å². The molecule has 1 aliphatic heterocycles. The van der Waals surface area contributed by atoms with E-state index in [2.05, 4.69) is 56.8 Å². The van der Waals surface area contributed by atoms with Crippen LogP contribution in [0.5, 0.6) is 0 Å². The zero-order chi connectivity index (χ0) is 20.9. The number of aromatic nitrogens is 1. The molecule has 2 aromatic rings. The Balaban J connectivity index is 1.25. The summed E-state index contributed by atoms with van der Waals surface area (Å²) >= 11 is 0. The maximum atomic E-state index is 12.8. The van der Waals surface area contributed by atoms with Crippen molar-refractivity contribution in [3.8, 4) is 0 Å². The molecule has 1 saturated heterocycles. The number of aryl methyl sites for hydroxylation is 1. The van der Waals surface area contributed by atoms with Crippen LogP contribution >= 0.6 is 0 Å². The second kappa shape index (κ2) is 9.54. The summed E-state index contributed by atoms with van der Waals surface area (Å²) in [5.74, 6) is 1.45. The van der Waals surface area contributed by atoms with E-state index in [-0.39, 0.29) is 12.0 Å². The number of amides is 1. The molecule has 30 heavy (non-hydrogen) atoms. The lowest BCUT2D eigenvalue weighted by Crippen LogP contribution is -2.46. The van der Waals surface area contributed by atoms with E-state index >= 15 is 0 Å². The summed E-state index contributed by atoms with van der Waals surface area (Å²) in [5.41, 5.74) is 3.83. The van der Waals surface area contributed by atoms with Gasteiger partial charge < -0.3 is 20.5 Å². The van der Waals surface area contributed by atoms with Crippen molar-refractivity contribution in [3.05, 3.63) is 35.5 Å². The van der Waals surface area contributed by atoms with Crippen LogP contribution in [-0.2, 0) is 11.2 Å². The molecule has 1 amide bonds. The maximum Gasteiger partial charge on any atom is 0.225 e. The standard InChI is InChI=1S/C24H35N5O/c1-17-7-6-10-21-22(17)19(15-27-21)11-13-26-24(25-2)28-20-12-14-29(16-20)23(30)18-8-4-3-5-9-18/h6-7,10,15,18,20,27H,3-5,8-9,11-14,16H2,1-2H3,(H2,25,26,28). The number of guanidine groups is 1. The highest BCUT2D eigenvalue weighted by molar-refractivity contribution is 5.86. The summed E-state index contributed by atoms with van der Waals surface area (Å²) < 4.78 is 0. The van der Waals surface area contributed by atoms with Crippen molar-refractivity contribution in [2.75, 3.05) is 26.7 Å². The van der Waals surface area contributed by atoms with Gasteiger partial charge in [-0.25, -0.2) is 0 Å². The molecular formula is C24H35N5O. The molecule has 2 aliphatic rings. The first-order valence-corrected chi connectivity index (χ1v) is 11.5. The zero-order valence-corrected chi connectivity index (χ0v) is 18.3. The molecule has 1 aliphatic carbocycles. The van der Waals surface area contributed by atoms with Gasteiger partial charge in [0.25, 0.3) is 0 Å². The lowest BCUT2D eigenvalue weighted by atomic mass is 9.88. The van der Waals surface area contributed by atoms with Crippen LogP contribution in [0, 0.1) is 12.8 Å². The number of carbonyl (C=O) groups is 1. The maximum absolute atomic E-state index is 12.8. The summed E-state index contributed by atoms with van der Waals surface area (Å²) in [5, 5.41) is 8.30. The largest absolute Gasteiger partial charge is 0.361 e. The average molecular weight is 410 g/mol. The number of aliphatic imine (C=N–C) groups is 1. The van der Waals surface area contributed by atoms with Crippen LogP contribution in [-0.4, -0.2) is 54.5 Å². The van der Waals surface area contributed by atoms with E-state index in [0.717, 1.165) is 51.3 Å². The molecule has 0 spiro atoms. The van der Waals surface area contributed by atoms with Crippen LogP contribution < -0.4 is 10.6 Å². The van der Waals surface area contributed by atoms with Gasteiger partial charge >= 0.3 is 0 Å². The van der Waals surface area contributed by atoms with Gasteiger partial charge in [-0.1, -0.05) is 31.4 Å². The van der Waals surface area contributed by atoms with E-state index in [9.17, 15) is 4.79 Å². The van der Waals surface area contributed by atoms with E-state index in [1.54, 1.807) is 0 Å². The summed E-state index contributed by atoms with van der Waals surface area (Å²) in [7, 11) is 1.81. The van der Waals surface area contributed by atoms with Crippen LogP contribution in [0.25, 0.3) is 10.9 Å². The van der Waals surface area contributed by atoms with Crippen LogP contribution in [0.4, 0.5) is 0 Å². The van der Waals surface area contributed by atoms with Crippen molar-refractivity contribution in [2.45, 2.75) is 57.9 Å². The number of nitrogens with zero attached hydrogens (tertiary/aromatic N) is 2. The normalized spacial score (nSPS) is 20.7. The number of carbonyl (C=O) groups excluding carboxylic acids is 1. The molecule has 162 valence electrons. The molecule has 4 rings (SSSR count). The molecule has 1 aromatic carbocycles. The van der Waals surface area contributed by atoms with Gasteiger partial charge in [0.15, 0.2) is 5.96 Å². The van der Waals surface area contributed by atoms with Crippen LogP contribution in [0.2, 0.25) is 0 Å². The van der Waals surface area contributed by atoms with Gasteiger partial charge in [0, 0.05) is 55.7 Å². The third-order valence-electron chi connectivity index (χ3n) is 6.70. The average Bonchev–Trinajstić information content (AvgIpc) is 3.41. The molecule has 6 nitrogen and oxygen atoms in total. The van der Waals surface area contributed by atoms with Crippen molar-refractivity contribution in [3.63, 3.8) is 0 Å². The first-order valence-electron chi connectivity index (χ1n) is 11.5. The highest BCUT2D eigenvalue weighted by Crippen LogP contribution is 2.27. The Bertz CT molecular complexity index is 896. The number of nitrogens with one attached hydrogen (secondary N) is 3. The van der Waals surface area contributed by atoms with Crippen LogP contribution in [0.3, 0.4) is 0 Å². The lowest BCUT2D eigenvalue weighted by Gasteiger charge is -2.26. The first-order chi connectivity index (χ1) is 14.7. The Kier molecular flexibility index (Phi) is 6.60. The number of benzene rings is 1. The predicted molar refractivity (Wildman–Crippen MR) is 123 cm³/mol. The number of fused-ring (bicyclic) bond motifs is 1. The fourth-order valence-corrected chi connectivity index (χ4v) is 5.04. The first kappa shape index (κ1) is 20.8. The topological polar surface area (TPSA) is 72.5 Å². The summed E-state index contributed by atoms with van der Waals surface area (Å²) in [4.78, 5) is 22.6. The van der Waals surface area contributed by atoms with Gasteiger partial charge in [-0.2, -0.15) is 0 Å². The van der Waals surface area contributed by atoms with Gasteiger partial charge in [0.05, 0.1) is 0 Å². The molecule has 0 bridgehead atoms. The molecule has 3 N–H and O–H groups in total. The number of hydrogen-bond donors (Lipinski definition) is 3. The SMILES string of the molecule is CN=C(NCCc1c[nH]c2cccc(C)c12)NC1CCN(C(=O)C2CCCCC2)C1. The third-order valence-corrected chi connectivity index (χ3v) is 6.70. The van der Waals surface area contributed by atoms with Crippen LogP contribution in [0.1, 0.15) is 49.7 Å². The van der Waals surface area contributed by atoms with Gasteiger partial charge in [0.2, 0.25) is 5.91 Å². The predicted octanol–water partition coefficient (Wildman–Crippen LogP) is 3.37. The lowest BCUT2D eigenvalue weighted by molar-refractivity contribution is -0.135. The van der Waals surface area contributed by atoms with Crippen molar-refractivity contribution in [1.29, 1.82) is 0 Å². The van der Waals surface area contributed by atoms with E-state index in [1.807, 2.05) is 7.05 Å². The molecule has 1 unspecified atom stereocenters.